The van der Waals surface area contributed by atoms with Gasteiger partial charge in [0.2, 0.25) is 0 Å². The second kappa shape index (κ2) is 8.47. The van der Waals surface area contributed by atoms with E-state index in [1.807, 2.05) is 42.5 Å². The van der Waals surface area contributed by atoms with Crippen LogP contribution in [0.1, 0.15) is 39.6 Å². The van der Waals surface area contributed by atoms with E-state index >= 15 is 0 Å². The summed E-state index contributed by atoms with van der Waals surface area (Å²) in [6, 6.07) is 15.4. The molecule has 1 unspecified atom stereocenters. The number of halogens is 3. The zero-order valence-corrected chi connectivity index (χ0v) is 16.5. The molecule has 31 heavy (non-hydrogen) atoms. The highest BCUT2D eigenvalue weighted by molar-refractivity contribution is 5.92. The molecule has 0 radical (unpaired) electrons. The van der Waals surface area contributed by atoms with E-state index in [2.05, 4.69) is 9.97 Å². The third-order valence-electron chi connectivity index (χ3n) is 5.45. The smallest absolute Gasteiger partial charge is 0.390 e. The highest BCUT2D eigenvalue weighted by Gasteiger charge is 2.33. The first-order valence-corrected chi connectivity index (χ1v) is 9.85. The van der Waals surface area contributed by atoms with Gasteiger partial charge in [-0.25, -0.2) is 0 Å². The third-order valence-corrected chi connectivity index (χ3v) is 5.45. The Hall–Kier alpha value is -3.26. The summed E-state index contributed by atoms with van der Waals surface area (Å²) < 4.78 is 38.1. The molecular weight excluding hydrogens is 407 g/mol. The number of amides is 1. The van der Waals surface area contributed by atoms with Crippen LogP contribution < -0.4 is 0 Å². The van der Waals surface area contributed by atoms with Crippen molar-refractivity contribution in [1.82, 2.24) is 14.9 Å². The van der Waals surface area contributed by atoms with E-state index in [4.69, 9.17) is 0 Å². The molecule has 0 aliphatic carbocycles. The number of hydrogen-bond donors (Lipinski definition) is 1. The predicted molar refractivity (Wildman–Crippen MR) is 108 cm³/mol. The number of aliphatic hydroxyl groups excluding tert-OH is 1. The maximum atomic E-state index is 12.7. The number of hydrogen-bond acceptors (Lipinski definition) is 4. The van der Waals surface area contributed by atoms with Crippen molar-refractivity contribution in [2.24, 2.45) is 0 Å². The number of likely N-dealkylation sites (tertiary alicyclic amines) is 1. The molecule has 1 aliphatic heterocycles. The fraction of sp³-hybridized carbons (Fsp3) is 0.261. The van der Waals surface area contributed by atoms with Crippen molar-refractivity contribution >= 4 is 5.91 Å². The minimum atomic E-state index is -4.49. The fourth-order valence-electron chi connectivity index (χ4n) is 3.83. The predicted octanol–water partition coefficient (Wildman–Crippen LogP) is 4.28. The lowest BCUT2D eigenvalue weighted by Gasteiger charge is -2.18. The van der Waals surface area contributed by atoms with Gasteiger partial charge in [0.1, 0.15) is 5.69 Å². The zero-order valence-electron chi connectivity index (χ0n) is 16.5. The summed E-state index contributed by atoms with van der Waals surface area (Å²) >= 11 is 0. The molecule has 1 atom stereocenters. The van der Waals surface area contributed by atoms with Crippen molar-refractivity contribution in [2.75, 3.05) is 13.1 Å². The molecule has 4 rings (SSSR count). The van der Waals surface area contributed by atoms with Gasteiger partial charge in [0, 0.05) is 30.8 Å². The molecule has 0 spiro atoms. The van der Waals surface area contributed by atoms with Crippen molar-refractivity contribution in [3.63, 3.8) is 0 Å². The molecule has 1 saturated heterocycles. The van der Waals surface area contributed by atoms with Gasteiger partial charge >= 0.3 is 6.18 Å². The van der Waals surface area contributed by atoms with Gasteiger partial charge in [-0.3, -0.25) is 14.8 Å². The van der Waals surface area contributed by atoms with Crippen LogP contribution >= 0.6 is 0 Å². The Morgan fingerprint density at radius 3 is 2.52 bits per heavy atom. The van der Waals surface area contributed by atoms with Crippen LogP contribution in [-0.2, 0) is 12.8 Å². The summed E-state index contributed by atoms with van der Waals surface area (Å²) in [5, 5.41) is 9.85. The van der Waals surface area contributed by atoms with E-state index < -0.39 is 17.6 Å². The van der Waals surface area contributed by atoms with E-state index in [0.717, 1.165) is 29.0 Å². The number of benzene rings is 1. The molecule has 0 bridgehead atoms. The summed E-state index contributed by atoms with van der Waals surface area (Å²) in [5.41, 5.74) is 2.23. The number of carbonyl (C=O) groups excluding carboxylic acids is 1. The van der Waals surface area contributed by atoms with Crippen LogP contribution in [0.5, 0.6) is 0 Å². The summed E-state index contributed by atoms with van der Waals surface area (Å²) in [4.78, 5) is 22.6. The summed E-state index contributed by atoms with van der Waals surface area (Å²) in [6.45, 7) is 0.624. The summed E-state index contributed by atoms with van der Waals surface area (Å²) in [7, 11) is 0. The normalized spacial score (nSPS) is 16.5. The Kier molecular flexibility index (Phi) is 5.73. The molecule has 1 amide bonds. The quantitative estimate of drug-likeness (QED) is 0.675. The average Bonchev–Trinajstić information content (AvgIpc) is 3.28. The number of nitrogens with zero attached hydrogens (tertiary/aromatic N) is 3. The Labute approximate surface area is 177 Å². The van der Waals surface area contributed by atoms with Gasteiger partial charge in [-0.1, -0.05) is 36.4 Å². The van der Waals surface area contributed by atoms with E-state index in [-0.39, 0.29) is 18.2 Å². The first-order valence-electron chi connectivity index (χ1n) is 9.85. The molecule has 3 heterocycles. The molecule has 1 aromatic carbocycles. The molecule has 0 saturated carbocycles. The van der Waals surface area contributed by atoms with E-state index in [0.29, 0.717) is 31.4 Å². The van der Waals surface area contributed by atoms with Crippen molar-refractivity contribution in [2.45, 2.75) is 25.1 Å². The lowest BCUT2D eigenvalue weighted by molar-refractivity contribution is -0.137. The Morgan fingerprint density at radius 2 is 1.87 bits per heavy atom. The zero-order chi connectivity index (χ0) is 22.0. The van der Waals surface area contributed by atoms with Crippen LogP contribution in [0.4, 0.5) is 13.2 Å². The van der Waals surface area contributed by atoms with Crippen molar-refractivity contribution < 1.29 is 23.1 Å². The van der Waals surface area contributed by atoms with Crippen LogP contribution in [0.15, 0.2) is 60.8 Å². The maximum absolute atomic E-state index is 12.7. The third kappa shape index (κ3) is 4.44. The molecular formula is C23H20F3N3O2. The van der Waals surface area contributed by atoms with Gasteiger partial charge in [0.25, 0.3) is 5.91 Å². The molecule has 1 fully saturated rings. The number of carbonyl (C=O) groups is 1. The van der Waals surface area contributed by atoms with E-state index in [9.17, 15) is 23.1 Å². The molecule has 1 aliphatic rings. The van der Waals surface area contributed by atoms with Gasteiger partial charge in [-0.2, -0.15) is 13.2 Å². The van der Waals surface area contributed by atoms with Crippen LogP contribution in [0.2, 0.25) is 0 Å². The van der Waals surface area contributed by atoms with E-state index in [1.54, 1.807) is 4.90 Å². The fourth-order valence-corrected chi connectivity index (χ4v) is 3.83. The molecule has 3 aromatic rings. The summed E-state index contributed by atoms with van der Waals surface area (Å²) in [5.74, 6) is -0.423. The monoisotopic (exact) mass is 427 g/mol. The van der Waals surface area contributed by atoms with Crippen LogP contribution in [-0.4, -0.2) is 39.0 Å². The standard InChI is InChI=1S/C23H20F3N3O2/c24-23(25,26)17-6-8-20(27-12-17)22(31)29-11-10-16(13-29)18-7-9-19(28-21(18)14-30)15-4-2-1-3-5-15/h1-9,12,16,30H,10-11,13-14H2. The topological polar surface area (TPSA) is 66.3 Å². The van der Waals surface area contributed by atoms with Crippen molar-refractivity contribution in [3.8, 4) is 11.3 Å². The van der Waals surface area contributed by atoms with Gasteiger partial charge < -0.3 is 10.0 Å². The van der Waals surface area contributed by atoms with Crippen molar-refractivity contribution in [3.05, 3.63) is 83.3 Å². The minimum Gasteiger partial charge on any atom is -0.390 e. The number of aromatic nitrogens is 2. The highest BCUT2D eigenvalue weighted by Crippen LogP contribution is 2.32. The number of pyridine rings is 2. The second-order valence-corrected chi connectivity index (χ2v) is 7.42. The number of alkyl halides is 3. The Bertz CT molecular complexity index is 1070. The molecule has 1 N–H and O–H groups in total. The molecule has 2 aromatic heterocycles. The first kappa shape index (κ1) is 21.0. The average molecular weight is 427 g/mol. The Morgan fingerprint density at radius 1 is 1.10 bits per heavy atom. The lowest BCUT2D eigenvalue weighted by Crippen LogP contribution is -2.29. The van der Waals surface area contributed by atoms with Gasteiger partial charge in [-0.05, 0) is 30.2 Å². The maximum Gasteiger partial charge on any atom is 0.417 e. The SMILES string of the molecule is O=C(c1ccc(C(F)(F)F)cn1)N1CCC(c2ccc(-c3ccccc3)nc2CO)C1. The largest absolute Gasteiger partial charge is 0.417 e. The van der Waals surface area contributed by atoms with E-state index in [1.165, 1.54) is 0 Å². The minimum absolute atomic E-state index is 0.0159. The number of aliphatic hydroxyl groups is 1. The molecule has 160 valence electrons. The second-order valence-electron chi connectivity index (χ2n) is 7.42. The van der Waals surface area contributed by atoms with Crippen LogP contribution in [0.3, 0.4) is 0 Å². The van der Waals surface area contributed by atoms with Crippen molar-refractivity contribution in [1.29, 1.82) is 0 Å². The van der Waals surface area contributed by atoms with Gasteiger partial charge in [0.05, 0.1) is 23.6 Å². The van der Waals surface area contributed by atoms with Gasteiger partial charge in [0.15, 0.2) is 0 Å². The van der Waals surface area contributed by atoms with Crippen LogP contribution in [0, 0.1) is 0 Å². The lowest BCUT2D eigenvalue weighted by atomic mass is 9.96. The van der Waals surface area contributed by atoms with Gasteiger partial charge in [-0.15, -0.1) is 0 Å². The Balaban J connectivity index is 1.50. The molecule has 8 heteroatoms. The van der Waals surface area contributed by atoms with Crippen LogP contribution in [0.25, 0.3) is 11.3 Å². The first-order chi connectivity index (χ1) is 14.9. The summed E-state index contributed by atoms with van der Waals surface area (Å²) in [6.07, 6.45) is -3.14. The number of rotatable bonds is 4. The highest BCUT2D eigenvalue weighted by atomic mass is 19.4. The molecule has 5 nitrogen and oxygen atoms in total.